The van der Waals surface area contributed by atoms with E-state index in [1.807, 2.05) is 30.3 Å². The summed E-state index contributed by atoms with van der Waals surface area (Å²) in [6.45, 7) is 0.817. The van der Waals surface area contributed by atoms with Gasteiger partial charge in [0, 0.05) is 44.0 Å². The molecule has 0 bridgehead atoms. The number of carbonyl (C=O) groups is 1. The van der Waals surface area contributed by atoms with E-state index in [1.165, 1.54) is 18.2 Å². The van der Waals surface area contributed by atoms with Crippen molar-refractivity contribution < 1.29 is 23.8 Å². The molecule has 2 aromatic carbocycles. The number of fused-ring (bicyclic) bond motifs is 1. The Morgan fingerprint density at radius 2 is 1.96 bits per heavy atom. The predicted molar refractivity (Wildman–Crippen MR) is 105 cm³/mol. The molecule has 7 nitrogen and oxygen atoms in total. The van der Waals surface area contributed by atoms with Crippen molar-refractivity contribution in [2.45, 2.75) is 6.42 Å². The van der Waals surface area contributed by atoms with Crippen molar-refractivity contribution in [2.24, 2.45) is 0 Å². The van der Waals surface area contributed by atoms with E-state index in [-0.39, 0.29) is 40.4 Å². The first kappa shape index (κ1) is 19.4. The van der Waals surface area contributed by atoms with Gasteiger partial charge in [0.2, 0.25) is 0 Å². The minimum absolute atomic E-state index is 0.0658. The summed E-state index contributed by atoms with van der Waals surface area (Å²) in [5.41, 5.74) is 0.560. The van der Waals surface area contributed by atoms with E-state index in [0.29, 0.717) is 25.3 Å². The fraction of sp³-hybridized carbons (Fsp3) is 0.238. The summed E-state index contributed by atoms with van der Waals surface area (Å²) in [4.78, 5) is 24.2. The maximum Gasteiger partial charge on any atom is 0.257 e. The Hall–Kier alpha value is -3.32. The van der Waals surface area contributed by atoms with Gasteiger partial charge in [-0.25, -0.2) is 0 Å². The summed E-state index contributed by atoms with van der Waals surface area (Å²) >= 11 is 0. The van der Waals surface area contributed by atoms with Crippen molar-refractivity contribution >= 4 is 16.9 Å². The Morgan fingerprint density at radius 1 is 1.18 bits per heavy atom. The number of phenolic OH excluding ortho intramolecular Hbond substituents is 1. The number of ether oxygens (including phenoxy) is 2. The minimum Gasteiger partial charge on any atom is -0.507 e. The first-order chi connectivity index (χ1) is 13.6. The van der Waals surface area contributed by atoms with Crippen molar-refractivity contribution in [3.63, 3.8) is 0 Å². The van der Waals surface area contributed by atoms with Crippen molar-refractivity contribution in [1.29, 1.82) is 0 Å². The number of phenols is 1. The third kappa shape index (κ3) is 4.69. The number of nitrogens with one attached hydrogen (secondary N) is 1. The smallest absolute Gasteiger partial charge is 0.257 e. The molecule has 0 saturated carbocycles. The standard InChI is InChI=1S/C21H21NO6/c1-26-9-5-8-22-20(25)13-27-15-10-16(23)21-17(24)12-18(28-19(21)11-15)14-6-3-2-4-7-14/h2-4,6-7,10-12,23H,5,8-9,13H2,1H3,(H,22,25). The van der Waals surface area contributed by atoms with Gasteiger partial charge in [-0.05, 0) is 6.42 Å². The molecule has 0 aliphatic heterocycles. The maximum absolute atomic E-state index is 12.4. The first-order valence-electron chi connectivity index (χ1n) is 8.83. The molecule has 3 aromatic rings. The first-order valence-corrected chi connectivity index (χ1v) is 8.83. The summed E-state index contributed by atoms with van der Waals surface area (Å²) < 4.78 is 16.1. The van der Waals surface area contributed by atoms with E-state index in [2.05, 4.69) is 5.32 Å². The number of methoxy groups -OCH3 is 1. The summed E-state index contributed by atoms with van der Waals surface area (Å²) in [6, 6.07) is 13.3. The van der Waals surface area contributed by atoms with Gasteiger partial charge in [-0.15, -0.1) is 0 Å². The topological polar surface area (TPSA) is 98.0 Å². The zero-order valence-electron chi connectivity index (χ0n) is 15.4. The zero-order valence-corrected chi connectivity index (χ0v) is 15.4. The van der Waals surface area contributed by atoms with Gasteiger partial charge < -0.3 is 24.3 Å². The van der Waals surface area contributed by atoms with Crippen LogP contribution in [0.3, 0.4) is 0 Å². The highest BCUT2D eigenvalue weighted by atomic mass is 16.5. The molecule has 0 aliphatic carbocycles. The maximum atomic E-state index is 12.4. The largest absolute Gasteiger partial charge is 0.507 e. The van der Waals surface area contributed by atoms with Crippen LogP contribution >= 0.6 is 0 Å². The van der Waals surface area contributed by atoms with Crippen molar-refractivity contribution in [1.82, 2.24) is 5.32 Å². The molecule has 28 heavy (non-hydrogen) atoms. The molecule has 1 heterocycles. The highest BCUT2D eigenvalue weighted by Crippen LogP contribution is 2.31. The molecular weight excluding hydrogens is 362 g/mol. The zero-order chi connectivity index (χ0) is 19.9. The van der Waals surface area contributed by atoms with Crippen molar-refractivity contribution in [3.8, 4) is 22.8 Å². The highest BCUT2D eigenvalue weighted by molar-refractivity contribution is 5.86. The lowest BCUT2D eigenvalue weighted by molar-refractivity contribution is -0.123. The van der Waals surface area contributed by atoms with Gasteiger partial charge in [-0.2, -0.15) is 0 Å². The minimum atomic E-state index is -0.361. The van der Waals surface area contributed by atoms with E-state index in [1.54, 1.807) is 7.11 Å². The normalized spacial score (nSPS) is 10.8. The van der Waals surface area contributed by atoms with Crippen LogP contribution in [-0.4, -0.2) is 37.9 Å². The van der Waals surface area contributed by atoms with Gasteiger partial charge in [0.05, 0.1) is 0 Å². The summed E-state index contributed by atoms with van der Waals surface area (Å²) in [7, 11) is 1.60. The molecule has 0 radical (unpaired) electrons. The second kappa shape index (κ2) is 9.05. The van der Waals surface area contributed by atoms with E-state index in [4.69, 9.17) is 13.9 Å². The SMILES string of the molecule is COCCCNC(=O)COc1cc(O)c2c(=O)cc(-c3ccccc3)oc2c1. The van der Waals surface area contributed by atoms with Gasteiger partial charge in [-0.3, -0.25) is 9.59 Å². The third-order valence-electron chi connectivity index (χ3n) is 4.06. The molecule has 0 aliphatic rings. The summed E-state index contributed by atoms with van der Waals surface area (Å²) in [6.07, 6.45) is 0.701. The van der Waals surface area contributed by atoms with E-state index in [9.17, 15) is 14.7 Å². The average molecular weight is 383 g/mol. The van der Waals surface area contributed by atoms with Crippen molar-refractivity contribution in [3.05, 3.63) is 58.8 Å². The molecule has 1 amide bonds. The van der Waals surface area contributed by atoms with Crippen molar-refractivity contribution in [2.75, 3.05) is 26.9 Å². The molecule has 0 fully saturated rings. The molecule has 3 rings (SSSR count). The molecular formula is C21H21NO6. The van der Waals surface area contributed by atoms with Crippen LogP contribution in [-0.2, 0) is 9.53 Å². The Balaban J connectivity index is 1.79. The molecule has 1 aromatic heterocycles. The average Bonchev–Trinajstić information content (AvgIpc) is 2.69. The second-order valence-electron chi connectivity index (χ2n) is 6.14. The Bertz CT molecular complexity index is 1010. The number of amides is 1. The van der Waals surface area contributed by atoms with Gasteiger partial charge in [0.15, 0.2) is 12.0 Å². The predicted octanol–water partition coefficient (Wildman–Crippen LogP) is 2.70. The number of benzene rings is 2. The molecule has 0 atom stereocenters. The second-order valence-corrected chi connectivity index (χ2v) is 6.14. The molecule has 0 saturated heterocycles. The van der Waals surface area contributed by atoms with Crippen LogP contribution in [0.1, 0.15) is 6.42 Å². The number of hydrogen-bond donors (Lipinski definition) is 2. The third-order valence-corrected chi connectivity index (χ3v) is 4.06. The fourth-order valence-electron chi connectivity index (χ4n) is 2.72. The summed E-state index contributed by atoms with van der Waals surface area (Å²) in [5.74, 6) is 0.0486. The van der Waals surface area contributed by atoms with Crippen LogP contribution in [0.15, 0.2) is 57.7 Å². The monoisotopic (exact) mass is 383 g/mol. The summed E-state index contributed by atoms with van der Waals surface area (Å²) in [5, 5.41) is 13.0. The molecule has 0 unspecified atom stereocenters. The quantitative estimate of drug-likeness (QED) is 0.581. The molecule has 146 valence electrons. The van der Waals surface area contributed by atoms with E-state index < -0.39 is 0 Å². The number of rotatable bonds is 8. The van der Waals surface area contributed by atoms with Crippen LogP contribution in [0.2, 0.25) is 0 Å². The highest BCUT2D eigenvalue weighted by Gasteiger charge is 2.13. The van der Waals surface area contributed by atoms with Gasteiger partial charge in [0.1, 0.15) is 28.2 Å². The van der Waals surface area contributed by atoms with Crippen LogP contribution in [0.25, 0.3) is 22.3 Å². The number of hydrogen-bond acceptors (Lipinski definition) is 6. The Labute approximate surface area is 161 Å². The molecule has 0 spiro atoms. The van der Waals surface area contributed by atoms with Gasteiger partial charge in [-0.1, -0.05) is 30.3 Å². The van der Waals surface area contributed by atoms with Gasteiger partial charge >= 0.3 is 0 Å². The molecule has 2 N–H and O–H groups in total. The lowest BCUT2D eigenvalue weighted by atomic mass is 10.1. The number of aromatic hydroxyl groups is 1. The van der Waals surface area contributed by atoms with Crippen LogP contribution in [0.4, 0.5) is 0 Å². The van der Waals surface area contributed by atoms with E-state index in [0.717, 1.165) is 5.56 Å². The van der Waals surface area contributed by atoms with Crippen LogP contribution < -0.4 is 15.5 Å². The van der Waals surface area contributed by atoms with E-state index >= 15 is 0 Å². The molecule has 7 heteroatoms. The lowest BCUT2D eigenvalue weighted by Gasteiger charge is -2.10. The lowest BCUT2D eigenvalue weighted by Crippen LogP contribution is -2.30. The van der Waals surface area contributed by atoms with Crippen LogP contribution in [0.5, 0.6) is 11.5 Å². The number of carbonyl (C=O) groups excluding carboxylic acids is 1. The Morgan fingerprint density at radius 3 is 2.71 bits per heavy atom. The Kier molecular flexibility index (Phi) is 6.29. The fourth-order valence-corrected chi connectivity index (χ4v) is 2.72. The van der Waals surface area contributed by atoms with Gasteiger partial charge in [0.25, 0.3) is 5.91 Å². The van der Waals surface area contributed by atoms with Crippen LogP contribution in [0, 0.1) is 0 Å².